The van der Waals surface area contributed by atoms with Gasteiger partial charge in [-0.15, -0.1) is 0 Å². The highest BCUT2D eigenvalue weighted by Gasteiger charge is 2.24. The van der Waals surface area contributed by atoms with Crippen molar-refractivity contribution < 1.29 is 9.15 Å². The Morgan fingerprint density at radius 2 is 2.16 bits per heavy atom. The van der Waals surface area contributed by atoms with Gasteiger partial charge in [-0.2, -0.15) is 0 Å². The summed E-state index contributed by atoms with van der Waals surface area (Å²) in [6, 6.07) is 2.27. The fraction of sp³-hybridized carbons (Fsp3) is 0.765. The van der Waals surface area contributed by atoms with Gasteiger partial charge in [0, 0.05) is 19.3 Å². The van der Waals surface area contributed by atoms with Crippen LogP contribution in [0.25, 0.3) is 0 Å². The van der Waals surface area contributed by atoms with E-state index in [4.69, 9.17) is 9.15 Å². The Kier molecular flexibility index (Phi) is 4.72. The van der Waals surface area contributed by atoms with Crippen LogP contribution in [0.5, 0.6) is 0 Å². The molecule has 0 spiro atoms. The Hall–Kier alpha value is -0.760. The summed E-state index contributed by atoms with van der Waals surface area (Å²) in [5.41, 5.74) is 1.34. The number of aryl methyl sites for hydroxylation is 2. The molecule has 1 heterocycles. The minimum atomic E-state index is -0.0516. The fourth-order valence-corrected chi connectivity index (χ4v) is 2.82. The van der Waals surface area contributed by atoms with E-state index >= 15 is 0 Å². The third-order valence-electron chi connectivity index (χ3n) is 3.62. The number of furan rings is 1. The Morgan fingerprint density at radius 1 is 1.37 bits per heavy atom. The standard InChI is InChI=1S/C17H28O2/c1-5-6-8-14-11-13-12-15(19-17(2,3)4)9-7-10-16(13)18-14/h11,15H,5-10,12H2,1-4H3/t15-/m1/s1. The first kappa shape index (κ1) is 14.6. The minimum absolute atomic E-state index is 0.0516. The average molecular weight is 264 g/mol. The van der Waals surface area contributed by atoms with E-state index in [0.717, 1.165) is 25.7 Å². The Bertz CT molecular complexity index is 398. The zero-order chi connectivity index (χ0) is 13.9. The highest BCUT2D eigenvalue weighted by molar-refractivity contribution is 5.24. The van der Waals surface area contributed by atoms with Gasteiger partial charge in [0.2, 0.25) is 0 Å². The Labute approximate surface area is 117 Å². The van der Waals surface area contributed by atoms with Gasteiger partial charge >= 0.3 is 0 Å². The zero-order valence-electron chi connectivity index (χ0n) is 12.9. The van der Waals surface area contributed by atoms with Crippen molar-refractivity contribution in [3.63, 3.8) is 0 Å². The first-order valence-corrected chi connectivity index (χ1v) is 7.76. The molecular weight excluding hydrogens is 236 g/mol. The van der Waals surface area contributed by atoms with Crippen LogP contribution >= 0.6 is 0 Å². The summed E-state index contributed by atoms with van der Waals surface area (Å²) in [4.78, 5) is 0. The highest BCUT2D eigenvalue weighted by atomic mass is 16.5. The molecule has 0 saturated heterocycles. The van der Waals surface area contributed by atoms with Gasteiger partial charge in [-0.1, -0.05) is 13.3 Å². The van der Waals surface area contributed by atoms with Gasteiger partial charge in [-0.05, 0) is 51.7 Å². The molecular formula is C17H28O2. The Morgan fingerprint density at radius 3 is 2.84 bits per heavy atom. The number of rotatable bonds is 4. The molecule has 0 saturated carbocycles. The van der Waals surface area contributed by atoms with Crippen LogP contribution in [0.1, 0.15) is 70.5 Å². The lowest BCUT2D eigenvalue weighted by molar-refractivity contribution is -0.0620. The van der Waals surface area contributed by atoms with Gasteiger partial charge in [-0.25, -0.2) is 0 Å². The van der Waals surface area contributed by atoms with Gasteiger partial charge in [0.25, 0.3) is 0 Å². The topological polar surface area (TPSA) is 22.4 Å². The summed E-state index contributed by atoms with van der Waals surface area (Å²) in [5, 5.41) is 0. The third kappa shape index (κ3) is 4.38. The second kappa shape index (κ2) is 6.13. The van der Waals surface area contributed by atoms with E-state index < -0.39 is 0 Å². The lowest BCUT2D eigenvalue weighted by atomic mass is 10.1. The maximum atomic E-state index is 6.16. The SMILES string of the molecule is CCCCc1cc2c(o1)CCC[C@@H](OC(C)(C)C)C2. The molecule has 2 rings (SSSR count). The molecule has 1 aromatic heterocycles. The van der Waals surface area contributed by atoms with E-state index in [1.165, 1.54) is 36.3 Å². The smallest absolute Gasteiger partial charge is 0.107 e. The molecule has 0 aliphatic heterocycles. The molecule has 108 valence electrons. The fourth-order valence-electron chi connectivity index (χ4n) is 2.82. The molecule has 0 N–H and O–H groups in total. The summed E-state index contributed by atoms with van der Waals surface area (Å²) in [6.07, 6.45) is 8.27. The van der Waals surface area contributed by atoms with Crippen LogP contribution in [-0.4, -0.2) is 11.7 Å². The molecule has 1 aliphatic rings. The number of unbranched alkanes of at least 4 members (excludes halogenated alkanes) is 1. The lowest BCUT2D eigenvalue weighted by Gasteiger charge is -2.26. The lowest BCUT2D eigenvalue weighted by Crippen LogP contribution is -2.28. The van der Waals surface area contributed by atoms with E-state index in [1.54, 1.807) is 0 Å². The van der Waals surface area contributed by atoms with Crippen molar-refractivity contribution in [3.8, 4) is 0 Å². The molecule has 2 heteroatoms. The first-order valence-electron chi connectivity index (χ1n) is 7.76. The summed E-state index contributed by atoms with van der Waals surface area (Å²) in [5.74, 6) is 2.38. The Balaban J connectivity index is 2.04. The summed E-state index contributed by atoms with van der Waals surface area (Å²) >= 11 is 0. The second-order valence-corrected chi connectivity index (χ2v) is 6.71. The van der Waals surface area contributed by atoms with Crippen molar-refractivity contribution in [2.24, 2.45) is 0 Å². The van der Waals surface area contributed by atoms with Crippen molar-refractivity contribution >= 4 is 0 Å². The molecule has 1 atom stereocenters. The van der Waals surface area contributed by atoms with Crippen LogP contribution in [0.15, 0.2) is 10.5 Å². The maximum absolute atomic E-state index is 6.16. The molecule has 1 aliphatic carbocycles. The third-order valence-corrected chi connectivity index (χ3v) is 3.62. The quantitative estimate of drug-likeness (QED) is 0.736. The molecule has 0 radical (unpaired) electrons. The van der Waals surface area contributed by atoms with Gasteiger partial charge < -0.3 is 9.15 Å². The number of ether oxygens (including phenoxy) is 1. The maximum Gasteiger partial charge on any atom is 0.107 e. The van der Waals surface area contributed by atoms with E-state index in [1.807, 2.05) is 0 Å². The van der Waals surface area contributed by atoms with Crippen LogP contribution in [0.4, 0.5) is 0 Å². The monoisotopic (exact) mass is 264 g/mol. The first-order chi connectivity index (χ1) is 8.98. The summed E-state index contributed by atoms with van der Waals surface area (Å²) < 4.78 is 12.2. The van der Waals surface area contributed by atoms with Crippen LogP contribution in [0.3, 0.4) is 0 Å². The molecule has 0 fully saturated rings. The van der Waals surface area contributed by atoms with E-state index in [9.17, 15) is 0 Å². The van der Waals surface area contributed by atoms with Crippen molar-refractivity contribution in [2.75, 3.05) is 0 Å². The van der Waals surface area contributed by atoms with Crippen LogP contribution < -0.4 is 0 Å². The number of hydrogen-bond acceptors (Lipinski definition) is 2. The number of hydrogen-bond donors (Lipinski definition) is 0. The van der Waals surface area contributed by atoms with Crippen molar-refractivity contribution in [1.82, 2.24) is 0 Å². The molecule has 19 heavy (non-hydrogen) atoms. The predicted molar refractivity (Wildman–Crippen MR) is 78.6 cm³/mol. The van der Waals surface area contributed by atoms with Crippen molar-refractivity contribution in [1.29, 1.82) is 0 Å². The average Bonchev–Trinajstić information content (AvgIpc) is 2.58. The molecule has 0 unspecified atom stereocenters. The van der Waals surface area contributed by atoms with Gasteiger partial charge in [0.05, 0.1) is 11.7 Å². The van der Waals surface area contributed by atoms with Crippen molar-refractivity contribution in [2.45, 2.75) is 84.3 Å². The minimum Gasteiger partial charge on any atom is -0.466 e. The van der Waals surface area contributed by atoms with Crippen LogP contribution in [-0.2, 0) is 24.0 Å². The molecule has 0 bridgehead atoms. The number of fused-ring (bicyclic) bond motifs is 1. The van der Waals surface area contributed by atoms with Crippen molar-refractivity contribution in [3.05, 3.63) is 23.2 Å². The largest absolute Gasteiger partial charge is 0.466 e. The van der Waals surface area contributed by atoms with Gasteiger partial charge in [0.15, 0.2) is 0 Å². The van der Waals surface area contributed by atoms with Crippen LogP contribution in [0, 0.1) is 0 Å². The second-order valence-electron chi connectivity index (χ2n) is 6.71. The molecule has 2 nitrogen and oxygen atoms in total. The van der Waals surface area contributed by atoms with E-state index in [0.29, 0.717) is 6.10 Å². The molecule has 0 amide bonds. The summed E-state index contributed by atoms with van der Waals surface area (Å²) in [6.45, 7) is 8.64. The van der Waals surface area contributed by atoms with E-state index in [-0.39, 0.29) is 5.60 Å². The van der Waals surface area contributed by atoms with Crippen LogP contribution in [0.2, 0.25) is 0 Å². The molecule has 0 aromatic carbocycles. The highest BCUT2D eigenvalue weighted by Crippen LogP contribution is 2.28. The predicted octanol–water partition coefficient (Wildman–Crippen LogP) is 4.68. The summed E-state index contributed by atoms with van der Waals surface area (Å²) in [7, 11) is 0. The molecule has 1 aromatic rings. The van der Waals surface area contributed by atoms with Gasteiger partial charge in [0.1, 0.15) is 11.5 Å². The normalized spacial score (nSPS) is 20.1. The van der Waals surface area contributed by atoms with E-state index in [2.05, 4.69) is 33.8 Å². The zero-order valence-corrected chi connectivity index (χ0v) is 12.9. The van der Waals surface area contributed by atoms with Gasteiger partial charge in [-0.3, -0.25) is 0 Å².